The zero-order valence-electron chi connectivity index (χ0n) is 14.2. The average molecular weight is 374 g/mol. The number of hydrogen-bond donors (Lipinski definition) is 1. The molecule has 1 N–H and O–H groups in total. The molecule has 2 aromatic heterocycles. The summed E-state index contributed by atoms with van der Waals surface area (Å²) in [4.78, 5) is 19.0. The Kier molecular flexibility index (Phi) is 5.37. The van der Waals surface area contributed by atoms with Crippen LogP contribution in [0.2, 0.25) is 0 Å². The van der Waals surface area contributed by atoms with Gasteiger partial charge < -0.3 is 15.4 Å². The molecule has 2 heterocycles. The van der Waals surface area contributed by atoms with E-state index in [0.29, 0.717) is 13.1 Å². The van der Waals surface area contributed by atoms with Gasteiger partial charge in [0.25, 0.3) is 0 Å². The molecule has 0 atom stereocenters. The predicted molar refractivity (Wildman–Crippen MR) is 103 cm³/mol. The smallest absolute Gasteiger partial charge is 0.390 e. The van der Waals surface area contributed by atoms with Gasteiger partial charge in [-0.25, -0.2) is 4.57 Å². The number of nitro groups is 1. The van der Waals surface area contributed by atoms with Crippen LogP contribution in [0.25, 0.3) is 10.9 Å². The van der Waals surface area contributed by atoms with Crippen LogP contribution in [0.4, 0.5) is 11.6 Å². The molecule has 7 nitrogen and oxygen atoms in total. The third kappa shape index (κ3) is 3.48. The van der Waals surface area contributed by atoms with Crippen LogP contribution >= 0.6 is 12.4 Å². The van der Waals surface area contributed by atoms with Gasteiger partial charge in [0.2, 0.25) is 0 Å². The lowest BCUT2D eigenvalue weighted by Gasteiger charge is -2.10. The first-order valence-corrected chi connectivity index (χ1v) is 8.53. The van der Waals surface area contributed by atoms with Crippen LogP contribution in [-0.4, -0.2) is 26.0 Å². The molecule has 0 saturated heterocycles. The minimum absolute atomic E-state index is 0. The Morgan fingerprint density at radius 3 is 3.04 bits per heavy atom. The molecule has 0 unspecified atom stereocenters. The number of rotatable bonds is 6. The zero-order chi connectivity index (χ0) is 17.2. The number of benzene rings is 1. The van der Waals surface area contributed by atoms with Crippen molar-refractivity contribution >= 4 is 34.9 Å². The number of hydrogen-bond acceptors (Lipinski definition) is 5. The molecule has 1 aliphatic rings. The highest BCUT2D eigenvalue weighted by molar-refractivity contribution is 5.91. The van der Waals surface area contributed by atoms with Gasteiger partial charge in [-0.3, -0.25) is 4.98 Å². The van der Waals surface area contributed by atoms with Crippen molar-refractivity contribution in [2.24, 2.45) is 0 Å². The van der Waals surface area contributed by atoms with E-state index >= 15 is 0 Å². The molecular weight excluding hydrogens is 354 g/mol. The number of fused-ring (bicyclic) bond motifs is 2. The van der Waals surface area contributed by atoms with E-state index < -0.39 is 4.92 Å². The van der Waals surface area contributed by atoms with Gasteiger partial charge in [0.05, 0.1) is 17.7 Å². The van der Waals surface area contributed by atoms with Crippen molar-refractivity contribution in [2.75, 3.05) is 11.9 Å². The van der Waals surface area contributed by atoms with Gasteiger partial charge in [-0.2, -0.15) is 0 Å². The molecule has 8 heteroatoms. The maximum atomic E-state index is 10.9. The number of pyridine rings is 1. The molecule has 26 heavy (non-hydrogen) atoms. The Balaban J connectivity index is 0.00000196. The number of nitrogens with zero attached hydrogens (tertiary/aromatic N) is 4. The van der Waals surface area contributed by atoms with Crippen molar-refractivity contribution in [1.82, 2.24) is 14.5 Å². The molecular formula is C18H20ClN5O2. The molecule has 1 aromatic carbocycles. The van der Waals surface area contributed by atoms with Crippen molar-refractivity contribution in [1.29, 1.82) is 0 Å². The summed E-state index contributed by atoms with van der Waals surface area (Å²) in [5.74, 6) is -0.109. The normalized spacial score (nSPS) is 12.6. The topological polar surface area (TPSA) is 85.9 Å². The van der Waals surface area contributed by atoms with Gasteiger partial charge in [0, 0.05) is 17.6 Å². The van der Waals surface area contributed by atoms with Gasteiger partial charge >= 0.3 is 5.95 Å². The van der Waals surface area contributed by atoms with Gasteiger partial charge in [0.15, 0.2) is 0 Å². The molecule has 136 valence electrons. The van der Waals surface area contributed by atoms with Gasteiger partial charge in [0.1, 0.15) is 12.4 Å². The van der Waals surface area contributed by atoms with Gasteiger partial charge in [-0.1, -0.05) is 17.1 Å². The van der Waals surface area contributed by atoms with E-state index in [9.17, 15) is 10.1 Å². The Bertz CT molecular complexity index is 940. The summed E-state index contributed by atoms with van der Waals surface area (Å²) < 4.78 is 1.57. The van der Waals surface area contributed by atoms with E-state index in [1.54, 1.807) is 10.8 Å². The first-order valence-electron chi connectivity index (χ1n) is 8.53. The highest BCUT2D eigenvalue weighted by atomic mass is 35.5. The van der Waals surface area contributed by atoms with Crippen molar-refractivity contribution in [3.8, 4) is 0 Å². The molecule has 0 spiro atoms. The van der Waals surface area contributed by atoms with Crippen LogP contribution in [0, 0.1) is 10.1 Å². The average Bonchev–Trinajstić information content (AvgIpc) is 3.25. The van der Waals surface area contributed by atoms with E-state index in [4.69, 9.17) is 4.98 Å². The minimum Gasteiger partial charge on any atom is -0.390 e. The van der Waals surface area contributed by atoms with Crippen LogP contribution in [0.3, 0.4) is 0 Å². The second-order valence-corrected chi connectivity index (χ2v) is 6.28. The van der Waals surface area contributed by atoms with E-state index in [1.165, 1.54) is 23.9 Å². The number of halogens is 1. The second kappa shape index (κ2) is 7.70. The summed E-state index contributed by atoms with van der Waals surface area (Å²) in [5, 5.41) is 15.5. The number of aromatic nitrogens is 3. The Morgan fingerprint density at radius 2 is 2.19 bits per heavy atom. The standard InChI is InChI=1S/C18H19N5O2.ClH/c24-23(25)18-20-9-11-22(18)10-3-8-19-16-7-2-5-14-12-13-4-1-6-15(13)21-17(14)16;/h2,5,7,9,11-12,19H,1,3-4,6,8,10H2;1H. The van der Waals surface area contributed by atoms with Crippen molar-refractivity contribution in [3.63, 3.8) is 0 Å². The number of anilines is 1. The van der Waals surface area contributed by atoms with Crippen molar-refractivity contribution in [2.45, 2.75) is 32.2 Å². The molecule has 0 bridgehead atoms. The van der Waals surface area contributed by atoms with Crippen LogP contribution in [0.15, 0.2) is 36.7 Å². The summed E-state index contributed by atoms with van der Waals surface area (Å²) >= 11 is 0. The molecule has 0 saturated carbocycles. The first kappa shape index (κ1) is 18.1. The van der Waals surface area contributed by atoms with Gasteiger partial charge in [-0.15, -0.1) is 12.4 Å². The Labute approximate surface area is 157 Å². The summed E-state index contributed by atoms with van der Waals surface area (Å²) in [7, 11) is 0. The number of imidazole rings is 1. The molecule has 0 radical (unpaired) electrons. The lowest BCUT2D eigenvalue weighted by atomic mass is 10.1. The monoisotopic (exact) mass is 373 g/mol. The third-order valence-electron chi connectivity index (χ3n) is 4.62. The molecule has 0 fully saturated rings. The molecule has 4 rings (SSSR count). The highest BCUT2D eigenvalue weighted by Crippen LogP contribution is 2.28. The SMILES string of the molecule is Cl.O=[N+]([O-])c1nccn1CCCNc1cccc2cc3c(nc12)CCC3. The van der Waals surface area contributed by atoms with Gasteiger partial charge in [-0.05, 0) is 48.3 Å². The van der Waals surface area contributed by atoms with Crippen LogP contribution < -0.4 is 5.32 Å². The molecule has 1 aliphatic carbocycles. The van der Waals surface area contributed by atoms with E-state index in [-0.39, 0.29) is 18.4 Å². The van der Waals surface area contributed by atoms with E-state index in [0.717, 1.165) is 35.9 Å². The molecule has 0 amide bonds. The van der Waals surface area contributed by atoms with Crippen LogP contribution in [-0.2, 0) is 19.4 Å². The van der Waals surface area contributed by atoms with Crippen LogP contribution in [0.1, 0.15) is 24.1 Å². The lowest BCUT2D eigenvalue weighted by molar-refractivity contribution is -0.396. The maximum Gasteiger partial charge on any atom is 0.434 e. The lowest BCUT2D eigenvalue weighted by Crippen LogP contribution is -2.09. The molecule has 3 aromatic rings. The summed E-state index contributed by atoms with van der Waals surface area (Å²) in [5.41, 5.74) is 4.62. The third-order valence-corrected chi connectivity index (χ3v) is 4.62. The van der Waals surface area contributed by atoms with Crippen LogP contribution in [0.5, 0.6) is 0 Å². The predicted octanol–water partition coefficient (Wildman–Crippen LogP) is 3.75. The summed E-state index contributed by atoms with van der Waals surface area (Å²) in [6, 6.07) is 8.43. The second-order valence-electron chi connectivity index (χ2n) is 6.28. The fraction of sp³-hybridized carbons (Fsp3) is 0.333. The largest absolute Gasteiger partial charge is 0.434 e. The molecule has 0 aliphatic heterocycles. The van der Waals surface area contributed by atoms with E-state index in [2.05, 4.69) is 22.4 Å². The number of nitrogens with one attached hydrogen (secondary N) is 1. The van der Waals surface area contributed by atoms with E-state index in [1.807, 2.05) is 12.1 Å². The first-order chi connectivity index (χ1) is 12.2. The number of aryl methyl sites for hydroxylation is 3. The summed E-state index contributed by atoms with van der Waals surface area (Å²) in [6.07, 6.45) is 7.23. The number of para-hydroxylation sites is 1. The van der Waals surface area contributed by atoms with Crippen molar-refractivity contribution < 1.29 is 4.92 Å². The Morgan fingerprint density at radius 1 is 1.31 bits per heavy atom. The zero-order valence-corrected chi connectivity index (χ0v) is 15.0. The quantitative estimate of drug-likeness (QED) is 0.404. The summed E-state index contributed by atoms with van der Waals surface area (Å²) in [6.45, 7) is 1.27. The highest BCUT2D eigenvalue weighted by Gasteiger charge is 2.15. The van der Waals surface area contributed by atoms with Crippen molar-refractivity contribution in [3.05, 3.63) is 58.0 Å². The maximum absolute atomic E-state index is 10.9. The fourth-order valence-corrected chi connectivity index (χ4v) is 3.42. The minimum atomic E-state index is -0.456. The Hall–Kier alpha value is -2.67. The fourth-order valence-electron chi connectivity index (χ4n) is 3.42.